The van der Waals surface area contributed by atoms with Gasteiger partial charge in [0, 0.05) is 10.2 Å². The average Bonchev–Trinajstić information content (AvgIpc) is 2.86. The van der Waals surface area contributed by atoms with Crippen molar-refractivity contribution in [3.05, 3.63) is 51.8 Å². The SMILES string of the molecule is Fc1ccc(CSc2ncnc3ccsc23)c(Br)c1. The number of rotatable bonds is 3. The van der Waals surface area contributed by atoms with Crippen molar-refractivity contribution >= 4 is 49.2 Å². The largest absolute Gasteiger partial charge is 0.235 e. The first kappa shape index (κ1) is 13.0. The third-order valence-corrected chi connectivity index (χ3v) is 5.41. The van der Waals surface area contributed by atoms with E-state index in [1.807, 2.05) is 11.4 Å². The molecule has 0 bridgehead atoms. The van der Waals surface area contributed by atoms with Crippen molar-refractivity contribution in [1.29, 1.82) is 0 Å². The van der Waals surface area contributed by atoms with Crippen LogP contribution < -0.4 is 0 Å². The molecule has 0 fully saturated rings. The minimum Gasteiger partial charge on any atom is -0.235 e. The Hall–Kier alpha value is -0.980. The molecule has 0 radical (unpaired) electrons. The fourth-order valence-electron chi connectivity index (χ4n) is 1.65. The van der Waals surface area contributed by atoms with E-state index >= 15 is 0 Å². The first-order chi connectivity index (χ1) is 9.24. The summed E-state index contributed by atoms with van der Waals surface area (Å²) < 4.78 is 14.9. The molecule has 96 valence electrons. The summed E-state index contributed by atoms with van der Waals surface area (Å²) in [5, 5.41) is 2.98. The smallest absolute Gasteiger partial charge is 0.124 e. The Balaban J connectivity index is 1.84. The molecule has 0 atom stereocenters. The van der Waals surface area contributed by atoms with Crippen molar-refractivity contribution in [1.82, 2.24) is 9.97 Å². The van der Waals surface area contributed by atoms with E-state index in [2.05, 4.69) is 25.9 Å². The molecule has 0 saturated heterocycles. The number of thioether (sulfide) groups is 1. The van der Waals surface area contributed by atoms with Crippen molar-refractivity contribution in [2.45, 2.75) is 10.8 Å². The fourth-order valence-corrected chi connectivity index (χ4v) is 4.28. The lowest BCUT2D eigenvalue weighted by atomic mass is 10.2. The van der Waals surface area contributed by atoms with Crippen molar-refractivity contribution in [3.63, 3.8) is 0 Å². The highest BCUT2D eigenvalue weighted by Gasteiger charge is 2.08. The predicted molar refractivity (Wildman–Crippen MR) is 81.1 cm³/mol. The average molecular weight is 355 g/mol. The van der Waals surface area contributed by atoms with Crippen molar-refractivity contribution in [3.8, 4) is 0 Å². The monoisotopic (exact) mass is 354 g/mol. The normalized spacial score (nSPS) is 11.1. The Morgan fingerprint density at radius 2 is 2.16 bits per heavy atom. The maximum absolute atomic E-state index is 13.0. The van der Waals surface area contributed by atoms with Gasteiger partial charge in [-0.3, -0.25) is 0 Å². The third kappa shape index (κ3) is 2.80. The van der Waals surface area contributed by atoms with Crippen molar-refractivity contribution in [2.75, 3.05) is 0 Å². The van der Waals surface area contributed by atoms with E-state index in [9.17, 15) is 4.39 Å². The fraction of sp³-hybridized carbons (Fsp3) is 0.0769. The molecule has 0 aliphatic heterocycles. The van der Waals surface area contributed by atoms with Gasteiger partial charge in [0.1, 0.15) is 17.2 Å². The molecule has 0 N–H and O–H groups in total. The highest BCUT2D eigenvalue weighted by atomic mass is 79.9. The lowest BCUT2D eigenvalue weighted by molar-refractivity contribution is 0.626. The molecule has 1 aromatic carbocycles. The maximum atomic E-state index is 13.0. The van der Waals surface area contributed by atoms with Gasteiger partial charge in [-0.05, 0) is 29.1 Å². The Kier molecular flexibility index (Phi) is 3.81. The molecular formula is C13H8BrFN2S2. The summed E-state index contributed by atoms with van der Waals surface area (Å²) in [5.41, 5.74) is 2.02. The second-order valence-electron chi connectivity index (χ2n) is 3.84. The number of aromatic nitrogens is 2. The van der Waals surface area contributed by atoms with E-state index in [1.54, 1.807) is 35.5 Å². The number of thiophene rings is 1. The molecule has 0 amide bonds. The van der Waals surface area contributed by atoms with E-state index in [1.165, 1.54) is 12.1 Å². The highest BCUT2D eigenvalue weighted by molar-refractivity contribution is 9.10. The second kappa shape index (κ2) is 5.56. The lowest BCUT2D eigenvalue weighted by Crippen LogP contribution is -1.87. The summed E-state index contributed by atoms with van der Waals surface area (Å²) in [6.07, 6.45) is 1.58. The van der Waals surface area contributed by atoms with Crippen LogP contribution in [0, 0.1) is 5.82 Å². The molecule has 19 heavy (non-hydrogen) atoms. The standard InChI is InChI=1S/C13H8BrFN2S2/c14-10-5-9(15)2-1-8(10)6-19-13-12-11(3-4-18-12)16-7-17-13/h1-5,7H,6H2. The van der Waals surface area contributed by atoms with Gasteiger partial charge in [0.2, 0.25) is 0 Å². The van der Waals surface area contributed by atoms with E-state index < -0.39 is 0 Å². The van der Waals surface area contributed by atoms with Crippen molar-refractivity contribution in [2.24, 2.45) is 0 Å². The van der Waals surface area contributed by atoms with Gasteiger partial charge >= 0.3 is 0 Å². The summed E-state index contributed by atoms with van der Waals surface area (Å²) in [5.74, 6) is 0.508. The molecule has 2 heterocycles. The van der Waals surface area contributed by atoms with Crippen LogP contribution in [0.5, 0.6) is 0 Å². The van der Waals surface area contributed by atoms with Crippen LogP contribution in [0.15, 0.2) is 45.5 Å². The summed E-state index contributed by atoms with van der Waals surface area (Å²) in [7, 11) is 0. The molecule has 3 aromatic rings. The summed E-state index contributed by atoms with van der Waals surface area (Å²) in [6, 6.07) is 6.73. The molecule has 0 saturated carbocycles. The Morgan fingerprint density at radius 1 is 1.26 bits per heavy atom. The molecular weight excluding hydrogens is 347 g/mol. The number of halogens is 2. The van der Waals surface area contributed by atoms with Crippen LogP contribution in [0.25, 0.3) is 10.2 Å². The molecule has 3 rings (SSSR count). The second-order valence-corrected chi connectivity index (χ2v) is 6.57. The van der Waals surface area contributed by atoms with Gasteiger partial charge in [0.25, 0.3) is 0 Å². The van der Waals surface area contributed by atoms with Crippen LogP contribution >= 0.6 is 39.0 Å². The number of fused-ring (bicyclic) bond motifs is 1. The van der Waals surface area contributed by atoms with Crippen LogP contribution in [0.2, 0.25) is 0 Å². The first-order valence-electron chi connectivity index (χ1n) is 5.49. The number of nitrogens with zero attached hydrogens (tertiary/aromatic N) is 2. The zero-order chi connectivity index (χ0) is 13.2. The van der Waals surface area contributed by atoms with Crippen LogP contribution in [0.4, 0.5) is 4.39 Å². The van der Waals surface area contributed by atoms with Gasteiger partial charge in [-0.15, -0.1) is 23.1 Å². The summed E-state index contributed by atoms with van der Waals surface area (Å²) in [6.45, 7) is 0. The van der Waals surface area contributed by atoms with Crippen LogP contribution in [-0.4, -0.2) is 9.97 Å². The third-order valence-electron chi connectivity index (χ3n) is 2.59. The van der Waals surface area contributed by atoms with E-state index in [0.717, 1.165) is 31.0 Å². The van der Waals surface area contributed by atoms with E-state index in [4.69, 9.17) is 0 Å². The van der Waals surface area contributed by atoms with Gasteiger partial charge in [-0.1, -0.05) is 22.0 Å². The van der Waals surface area contributed by atoms with Gasteiger partial charge < -0.3 is 0 Å². The Bertz CT molecular complexity index is 729. The number of hydrogen-bond donors (Lipinski definition) is 0. The molecule has 0 unspecified atom stereocenters. The molecule has 2 nitrogen and oxygen atoms in total. The van der Waals surface area contributed by atoms with Crippen molar-refractivity contribution < 1.29 is 4.39 Å². The van der Waals surface area contributed by atoms with Crippen LogP contribution in [0.1, 0.15) is 5.56 Å². The Labute approximate surface area is 126 Å². The van der Waals surface area contributed by atoms with Gasteiger partial charge in [-0.25, -0.2) is 14.4 Å². The van der Waals surface area contributed by atoms with E-state index in [0.29, 0.717) is 0 Å². The quantitative estimate of drug-likeness (QED) is 0.494. The molecule has 6 heteroatoms. The van der Waals surface area contributed by atoms with Gasteiger partial charge in [-0.2, -0.15) is 0 Å². The minimum absolute atomic E-state index is 0.233. The molecule has 2 aromatic heterocycles. The van der Waals surface area contributed by atoms with Crippen LogP contribution in [0.3, 0.4) is 0 Å². The molecule has 0 aliphatic carbocycles. The van der Waals surface area contributed by atoms with E-state index in [-0.39, 0.29) is 5.82 Å². The zero-order valence-electron chi connectivity index (χ0n) is 9.64. The number of benzene rings is 1. The summed E-state index contributed by atoms with van der Waals surface area (Å²) >= 11 is 6.65. The van der Waals surface area contributed by atoms with Crippen LogP contribution in [-0.2, 0) is 5.75 Å². The van der Waals surface area contributed by atoms with Gasteiger partial charge in [0.15, 0.2) is 0 Å². The maximum Gasteiger partial charge on any atom is 0.124 e. The molecule has 0 spiro atoms. The minimum atomic E-state index is -0.233. The topological polar surface area (TPSA) is 25.8 Å². The first-order valence-corrected chi connectivity index (χ1v) is 8.15. The molecule has 0 aliphatic rings. The number of hydrogen-bond acceptors (Lipinski definition) is 4. The zero-order valence-corrected chi connectivity index (χ0v) is 12.9. The lowest BCUT2D eigenvalue weighted by Gasteiger charge is -2.04. The Morgan fingerprint density at radius 3 is 3.00 bits per heavy atom. The highest BCUT2D eigenvalue weighted by Crippen LogP contribution is 2.32. The predicted octanol–water partition coefficient (Wildman–Crippen LogP) is 4.89. The summed E-state index contributed by atoms with van der Waals surface area (Å²) in [4.78, 5) is 8.53. The van der Waals surface area contributed by atoms with Gasteiger partial charge in [0.05, 0.1) is 10.2 Å².